The van der Waals surface area contributed by atoms with Crippen LogP contribution in [0.25, 0.3) is 22.0 Å². The second-order valence-corrected chi connectivity index (χ2v) is 5.33. The molecule has 0 amide bonds. The lowest BCUT2D eigenvalue weighted by molar-refractivity contribution is 0.0517. The first kappa shape index (κ1) is 15.2. The summed E-state index contributed by atoms with van der Waals surface area (Å²) in [5, 5.41) is 7.55. The van der Waals surface area contributed by atoms with Crippen molar-refractivity contribution in [3.8, 4) is 11.1 Å². The number of halogens is 1. The Morgan fingerprint density at radius 1 is 1.17 bits per heavy atom. The molecule has 0 radical (unpaired) electrons. The maximum atomic E-state index is 12.5. The SMILES string of the molecule is CCOC(=O)c1n[nH]c2ccc(-c3ccc(Cl)cc3)cc2c1=O. The summed E-state index contributed by atoms with van der Waals surface area (Å²) in [7, 11) is 0. The molecule has 0 fully saturated rings. The van der Waals surface area contributed by atoms with E-state index in [1.807, 2.05) is 18.2 Å². The van der Waals surface area contributed by atoms with E-state index in [0.29, 0.717) is 15.9 Å². The minimum atomic E-state index is -0.729. The molecule has 116 valence electrons. The van der Waals surface area contributed by atoms with Crippen LogP contribution in [0.1, 0.15) is 17.4 Å². The zero-order valence-electron chi connectivity index (χ0n) is 12.3. The Kier molecular flexibility index (Phi) is 4.12. The van der Waals surface area contributed by atoms with Gasteiger partial charge in [0, 0.05) is 5.02 Å². The number of ether oxygens (including phenoxy) is 1. The Labute approximate surface area is 136 Å². The number of aromatic amines is 1. The Bertz CT molecular complexity index is 933. The molecule has 0 aliphatic heterocycles. The van der Waals surface area contributed by atoms with Gasteiger partial charge in [-0.05, 0) is 42.3 Å². The molecule has 0 aliphatic carbocycles. The molecule has 0 atom stereocenters. The van der Waals surface area contributed by atoms with Crippen molar-refractivity contribution in [2.45, 2.75) is 6.92 Å². The first-order valence-corrected chi connectivity index (χ1v) is 7.43. The van der Waals surface area contributed by atoms with Crippen molar-refractivity contribution in [1.82, 2.24) is 10.2 Å². The molecule has 0 aliphatic rings. The van der Waals surface area contributed by atoms with Gasteiger partial charge >= 0.3 is 5.97 Å². The molecular weight excluding hydrogens is 316 g/mol. The van der Waals surface area contributed by atoms with Crippen molar-refractivity contribution >= 4 is 28.5 Å². The Morgan fingerprint density at radius 2 is 1.87 bits per heavy atom. The maximum absolute atomic E-state index is 12.5. The summed E-state index contributed by atoms with van der Waals surface area (Å²) in [4.78, 5) is 24.3. The van der Waals surface area contributed by atoms with E-state index < -0.39 is 11.4 Å². The zero-order valence-corrected chi connectivity index (χ0v) is 13.1. The minimum Gasteiger partial charge on any atom is -0.461 e. The fraction of sp³-hybridized carbons (Fsp3) is 0.118. The summed E-state index contributed by atoms with van der Waals surface area (Å²) in [6.07, 6.45) is 0. The van der Waals surface area contributed by atoms with Crippen LogP contribution in [0.2, 0.25) is 5.02 Å². The van der Waals surface area contributed by atoms with Gasteiger partial charge in [0.15, 0.2) is 0 Å². The molecule has 0 spiro atoms. The van der Waals surface area contributed by atoms with E-state index in [9.17, 15) is 9.59 Å². The lowest BCUT2D eigenvalue weighted by Gasteiger charge is -2.05. The largest absolute Gasteiger partial charge is 0.461 e. The van der Waals surface area contributed by atoms with Crippen molar-refractivity contribution in [1.29, 1.82) is 0 Å². The fourth-order valence-electron chi connectivity index (χ4n) is 2.28. The topological polar surface area (TPSA) is 72.0 Å². The highest BCUT2D eigenvalue weighted by molar-refractivity contribution is 6.30. The van der Waals surface area contributed by atoms with Crippen molar-refractivity contribution in [2.24, 2.45) is 0 Å². The molecule has 3 aromatic rings. The van der Waals surface area contributed by atoms with Crippen molar-refractivity contribution in [3.05, 3.63) is 63.4 Å². The summed E-state index contributed by atoms with van der Waals surface area (Å²) in [5.41, 5.74) is 1.63. The van der Waals surface area contributed by atoms with E-state index in [2.05, 4.69) is 10.2 Å². The molecule has 0 bridgehead atoms. The van der Waals surface area contributed by atoms with Gasteiger partial charge in [-0.25, -0.2) is 4.79 Å². The molecule has 23 heavy (non-hydrogen) atoms. The van der Waals surface area contributed by atoms with Crippen LogP contribution < -0.4 is 5.43 Å². The van der Waals surface area contributed by atoms with Gasteiger partial charge in [-0.3, -0.25) is 9.89 Å². The molecule has 3 rings (SSSR count). The second-order valence-electron chi connectivity index (χ2n) is 4.89. The Balaban J connectivity index is 2.14. The van der Waals surface area contributed by atoms with Crippen molar-refractivity contribution < 1.29 is 9.53 Å². The molecule has 2 aromatic carbocycles. The average Bonchev–Trinajstić information content (AvgIpc) is 2.56. The third-order valence-corrected chi connectivity index (χ3v) is 3.67. The monoisotopic (exact) mass is 328 g/mol. The number of carbonyl (C=O) groups excluding carboxylic acids is 1. The van der Waals surface area contributed by atoms with Crippen LogP contribution in [0, 0.1) is 0 Å². The number of fused-ring (bicyclic) bond motifs is 1. The number of hydrogen-bond acceptors (Lipinski definition) is 4. The van der Waals surface area contributed by atoms with E-state index in [0.717, 1.165) is 11.1 Å². The summed E-state index contributed by atoms with van der Waals surface area (Å²) in [5.74, 6) is -0.729. The zero-order chi connectivity index (χ0) is 16.4. The number of nitrogens with zero attached hydrogens (tertiary/aromatic N) is 1. The van der Waals surface area contributed by atoms with Gasteiger partial charge < -0.3 is 4.74 Å². The molecule has 1 N–H and O–H groups in total. The van der Waals surface area contributed by atoms with Crippen LogP contribution in [0.4, 0.5) is 0 Å². The van der Waals surface area contributed by atoms with Crippen LogP contribution >= 0.6 is 11.6 Å². The predicted molar refractivity (Wildman–Crippen MR) is 88.8 cm³/mol. The van der Waals surface area contributed by atoms with Gasteiger partial charge in [-0.2, -0.15) is 5.10 Å². The van der Waals surface area contributed by atoms with E-state index in [1.165, 1.54) is 0 Å². The fourth-order valence-corrected chi connectivity index (χ4v) is 2.41. The van der Waals surface area contributed by atoms with E-state index in [4.69, 9.17) is 16.3 Å². The van der Waals surface area contributed by atoms with Gasteiger partial charge in [0.2, 0.25) is 11.1 Å². The van der Waals surface area contributed by atoms with Gasteiger partial charge in [0.25, 0.3) is 0 Å². The summed E-state index contributed by atoms with van der Waals surface area (Å²) >= 11 is 5.89. The third kappa shape index (κ3) is 2.96. The number of H-pyrrole nitrogens is 1. The smallest absolute Gasteiger partial charge is 0.362 e. The Morgan fingerprint density at radius 3 is 2.57 bits per heavy atom. The minimum absolute atomic E-state index is 0.183. The summed E-state index contributed by atoms with van der Waals surface area (Å²) in [6.45, 7) is 1.86. The van der Waals surface area contributed by atoms with Crippen molar-refractivity contribution in [2.75, 3.05) is 6.61 Å². The molecular formula is C17H13ClN2O3. The number of hydrogen-bond donors (Lipinski definition) is 1. The predicted octanol–water partition coefficient (Wildman–Crippen LogP) is 3.42. The first-order valence-electron chi connectivity index (χ1n) is 7.05. The third-order valence-electron chi connectivity index (χ3n) is 3.41. The average molecular weight is 329 g/mol. The molecule has 0 unspecified atom stereocenters. The van der Waals surface area contributed by atoms with Gasteiger partial charge in [0.1, 0.15) is 0 Å². The number of benzene rings is 2. The number of carbonyl (C=O) groups is 1. The molecule has 1 heterocycles. The maximum Gasteiger partial charge on any atom is 0.362 e. The molecule has 5 nitrogen and oxygen atoms in total. The number of esters is 1. The van der Waals surface area contributed by atoms with Crippen LogP contribution in [-0.4, -0.2) is 22.8 Å². The second kappa shape index (κ2) is 6.22. The normalized spacial score (nSPS) is 10.7. The highest BCUT2D eigenvalue weighted by atomic mass is 35.5. The molecule has 0 saturated heterocycles. The summed E-state index contributed by atoms with van der Waals surface area (Å²) in [6, 6.07) is 12.6. The molecule has 0 saturated carbocycles. The lowest BCUT2D eigenvalue weighted by atomic mass is 10.0. The quantitative estimate of drug-likeness (QED) is 0.748. The van der Waals surface area contributed by atoms with Crippen LogP contribution in [-0.2, 0) is 4.74 Å². The van der Waals surface area contributed by atoms with E-state index >= 15 is 0 Å². The van der Waals surface area contributed by atoms with Gasteiger partial charge in [-0.15, -0.1) is 0 Å². The Hall–Kier alpha value is -2.66. The van der Waals surface area contributed by atoms with Crippen LogP contribution in [0.5, 0.6) is 0 Å². The first-order chi connectivity index (χ1) is 11.1. The standard InChI is InChI=1S/C17H13ClN2O3/c1-2-23-17(22)15-16(21)13-9-11(5-8-14(13)19-20-15)10-3-6-12(18)7-4-10/h3-9H,2H2,1H3,(H,19,21). The number of rotatable bonds is 3. The highest BCUT2D eigenvalue weighted by Gasteiger charge is 2.16. The van der Waals surface area contributed by atoms with Crippen molar-refractivity contribution in [3.63, 3.8) is 0 Å². The van der Waals surface area contributed by atoms with Crippen LogP contribution in [0.15, 0.2) is 47.3 Å². The number of aromatic nitrogens is 2. The molecule has 6 heteroatoms. The van der Waals surface area contributed by atoms with E-state index in [-0.39, 0.29) is 12.3 Å². The van der Waals surface area contributed by atoms with Crippen LogP contribution in [0.3, 0.4) is 0 Å². The number of nitrogens with one attached hydrogen (secondary N) is 1. The molecule has 1 aromatic heterocycles. The van der Waals surface area contributed by atoms with E-state index in [1.54, 1.807) is 31.2 Å². The van der Waals surface area contributed by atoms with Gasteiger partial charge in [0.05, 0.1) is 17.5 Å². The van der Waals surface area contributed by atoms with Gasteiger partial charge in [-0.1, -0.05) is 29.8 Å². The highest BCUT2D eigenvalue weighted by Crippen LogP contribution is 2.23. The lowest BCUT2D eigenvalue weighted by Crippen LogP contribution is -2.20. The summed E-state index contributed by atoms with van der Waals surface area (Å²) < 4.78 is 4.85.